The van der Waals surface area contributed by atoms with E-state index in [0.29, 0.717) is 25.2 Å². The molecule has 1 amide bonds. The Morgan fingerprint density at radius 3 is 2.89 bits per heavy atom. The topological polar surface area (TPSA) is 48.1 Å². The second-order valence-electron chi connectivity index (χ2n) is 7.41. The average Bonchev–Trinajstić information content (AvgIpc) is 3.24. The number of benzene rings is 1. The van der Waals surface area contributed by atoms with Crippen molar-refractivity contribution in [1.82, 2.24) is 9.88 Å². The molecule has 27 heavy (non-hydrogen) atoms. The summed E-state index contributed by atoms with van der Waals surface area (Å²) in [6, 6.07) is 5.89. The number of aromatic amines is 1. The van der Waals surface area contributed by atoms with Crippen molar-refractivity contribution >= 4 is 22.5 Å². The van der Waals surface area contributed by atoms with Gasteiger partial charge in [-0.05, 0) is 49.5 Å². The summed E-state index contributed by atoms with van der Waals surface area (Å²) in [7, 11) is 0. The van der Waals surface area contributed by atoms with Gasteiger partial charge in [0, 0.05) is 41.4 Å². The van der Waals surface area contributed by atoms with Gasteiger partial charge in [-0.25, -0.2) is 0 Å². The van der Waals surface area contributed by atoms with E-state index in [4.69, 9.17) is 0 Å². The molecule has 0 saturated carbocycles. The van der Waals surface area contributed by atoms with Gasteiger partial charge in [0.1, 0.15) is 0 Å². The maximum atomic E-state index is 13.1. The van der Waals surface area contributed by atoms with E-state index in [1.54, 1.807) is 4.90 Å². The van der Waals surface area contributed by atoms with Crippen LogP contribution in [0.1, 0.15) is 24.1 Å². The van der Waals surface area contributed by atoms with Crippen molar-refractivity contribution in [2.45, 2.75) is 37.9 Å². The highest BCUT2D eigenvalue weighted by atomic mass is 19.4. The first-order chi connectivity index (χ1) is 12.9. The first kappa shape index (κ1) is 17.9. The van der Waals surface area contributed by atoms with E-state index in [9.17, 15) is 18.0 Å². The molecule has 0 radical (unpaired) electrons. The van der Waals surface area contributed by atoms with Gasteiger partial charge < -0.3 is 15.2 Å². The largest absolute Gasteiger partial charge is 0.392 e. The molecule has 0 bridgehead atoms. The summed E-state index contributed by atoms with van der Waals surface area (Å²) in [4.78, 5) is 16.7. The molecule has 4 nitrogen and oxygen atoms in total. The summed E-state index contributed by atoms with van der Waals surface area (Å²) < 4.78 is 39.3. The second-order valence-corrected chi connectivity index (χ2v) is 7.41. The number of fused-ring (bicyclic) bond motifs is 3. The minimum atomic E-state index is -4.15. The van der Waals surface area contributed by atoms with E-state index in [2.05, 4.69) is 16.9 Å². The van der Waals surface area contributed by atoms with E-state index >= 15 is 0 Å². The third-order valence-corrected chi connectivity index (χ3v) is 5.71. The van der Waals surface area contributed by atoms with Crippen LogP contribution in [0.5, 0.6) is 0 Å². The summed E-state index contributed by atoms with van der Waals surface area (Å²) in [5.41, 5.74) is 3.48. The lowest BCUT2D eigenvalue weighted by atomic mass is 9.86. The van der Waals surface area contributed by atoms with Gasteiger partial charge in [0.15, 0.2) is 0 Å². The molecule has 2 aromatic rings. The lowest BCUT2D eigenvalue weighted by Gasteiger charge is -2.25. The molecule has 0 spiro atoms. The van der Waals surface area contributed by atoms with Gasteiger partial charge in [0.25, 0.3) is 0 Å². The number of nitrogens with one attached hydrogen (secondary N) is 2. The van der Waals surface area contributed by atoms with E-state index < -0.39 is 12.1 Å². The van der Waals surface area contributed by atoms with Gasteiger partial charge in [-0.1, -0.05) is 12.6 Å². The van der Waals surface area contributed by atoms with Gasteiger partial charge in [-0.3, -0.25) is 4.79 Å². The van der Waals surface area contributed by atoms with Crippen molar-refractivity contribution < 1.29 is 18.0 Å². The predicted octanol–water partition coefficient (Wildman–Crippen LogP) is 4.03. The molecule has 1 aliphatic carbocycles. The van der Waals surface area contributed by atoms with Crippen molar-refractivity contribution in [3.05, 3.63) is 42.1 Å². The summed E-state index contributed by atoms with van der Waals surface area (Å²) in [6.07, 6.45) is -1.44. The molecular formula is C20H22F3N3O. The highest BCUT2D eigenvalue weighted by molar-refractivity contribution is 5.96. The Hall–Kier alpha value is -2.44. The second kappa shape index (κ2) is 6.62. The fourth-order valence-corrected chi connectivity index (χ4v) is 4.31. The SMILES string of the molecule is C=CC(=O)N1CC[C@H](Nc2cccc3[nH]c4c(c23)CCC(C(F)(F)F)C4)C1. The molecule has 1 fully saturated rings. The molecular weight excluding hydrogens is 355 g/mol. The first-order valence-electron chi connectivity index (χ1n) is 9.24. The number of nitrogens with zero attached hydrogens (tertiary/aromatic N) is 1. The number of aromatic nitrogens is 1. The third-order valence-electron chi connectivity index (χ3n) is 5.71. The van der Waals surface area contributed by atoms with Crippen molar-refractivity contribution in [2.75, 3.05) is 18.4 Å². The van der Waals surface area contributed by atoms with Crippen LogP contribution in [-0.4, -0.2) is 41.1 Å². The number of likely N-dealkylation sites (tertiary alicyclic amines) is 1. The summed E-state index contributed by atoms with van der Waals surface area (Å²) in [5.74, 6) is -1.35. The fraction of sp³-hybridized carbons (Fsp3) is 0.450. The fourth-order valence-electron chi connectivity index (χ4n) is 4.31. The minimum Gasteiger partial charge on any atom is -0.380 e. The van der Waals surface area contributed by atoms with Crippen LogP contribution in [0.25, 0.3) is 10.9 Å². The predicted molar refractivity (Wildman–Crippen MR) is 98.7 cm³/mol. The van der Waals surface area contributed by atoms with Crippen LogP contribution in [0.2, 0.25) is 0 Å². The van der Waals surface area contributed by atoms with Crippen molar-refractivity contribution in [1.29, 1.82) is 0 Å². The molecule has 4 rings (SSSR count). The molecule has 2 atom stereocenters. The van der Waals surface area contributed by atoms with Crippen molar-refractivity contribution in [3.63, 3.8) is 0 Å². The number of amides is 1. The van der Waals surface area contributed by atoms with E-state index in [1.807, 2.05) is 18.2 Å². The lowest BCUT2D eigenvalue weighted by molar-refractivity contribution is -0.177. The third kappa shape index (κ3) is 3.31. The normalized spacial score (nSPS) is 22.7. The molecule has 1 aliphatic heterocycles. The number of aryl methyl sites for hydroxylation is 1. The van der Waals surface area contributed by atoms with Gasteiger partial charge in [0.05, 0.1) is 5.92 Å². The van der Waals surface area contributed by atoms with Gasteiger partial charge >= 0.3 is 6.18 Å². The van der Waals surface area contributed by atoms with Crippen LogP contribution in [0.4, 0.5) is 18.9 Å². The number of halogens is 3. The number of H-pyrrole nitrogens is 1. The molecule has 1 saturated heterocycles. The van der Waals surface area contributed by atoms with E-state index in [0.717, 1.165) is 28.6 Å². The highest BCUT2D eigenvalue weighted by Gasteiger charge is 2.42. The number of rotatable bonds is 3. The molecule has 2 heterocycles. The van der Waals surface area contributed by atoms with Crippen molar-refractivity contribution in [3.8, 4) is 0 Å². The molecule has 144 valence electrons. The maximum Gasteiger partial charge on any atom is 0.392 e. The van der Waals surface area contributed by atoms with Crippen LogP contribution in [-0.2, 0) is 17.6 Å². The zero-order valence-corrected chi connectivity index (χ0v) is 14.9. The van der Waals surface area contributed by atoms with Crippen LogP contribution in [0.15, 0.2) is 30.9 Å². The number of carbonyl (C=O) groups excluding carboxylic acids is 1. The standard InChI is InChI=1S/C20H22F3N3O/c1-2-18(27)26-9-8-13(11-26)24-15-4-3-5-16-19(15)14-7-6-12(20(21,22)23)10-17(14)25-16/h2-5,12-13,24-25H,1,6-11H2/t12?,13-/m0/s1. The molecule has 1 aromatic carbocycles. The van der Waals surface area contributed by atoms with Crippen LogP contribution in [0, 0.1) is 5.92 Å². The minimum absolute atomic E-state index is 0.0119. The smallest absolute Gasteiger partial charge is 0.380 e. The number of anilines is 1. The monoisotopic (exact) mass is 377 g/mol. The lowest BCUT2D eigenvalue weighted by Crippen LogP contribution is -2.30. The van der Waals surface area contributed by atoms with E-state index in [-0.39, 0.29) is 24.8 Å². The molecule has 2 N–H and O–H groups in total. The first-order valence-corrected chi connectivity index (χ1v) is 9.24. The molecule has 2 aliphatic rings. The Bertz CT molecular complexity index is 886. The maximum absolute atomic E-state index is 13.1. The number of hydrogen-bond acceptors (Lipinski definition) is 2. The average molecular weight is 377 g/mol. The zero-order chi connectivity index (χ0) is 19.2. The van der Waals surface area contributed by atoms with Gasteiger partial charge in [-0.15, -0.1) is 0 Å². The summed E-state index contributed by atoms with van der Waals surface area (Å²) in [6.45, 7) is 4.80. The Morgan fingerprint density at radius 1 is 1.33 bits per heavy atom. The molecule has 1 aromatic heterocycles. The van der Waals surface area contributed by atoms with Crippen LogP contribution in [0.3, 0.4) is 0 Å². The summed E-state index contributed by atoms with van der Waals surface area (Å²) in [5, 5.41) is 4.49. The number of carbonyl (C=O) groups is 1. The zero-order valence-electron chi connectivity index (χ0n) is 14.9. The molecule has 7 heteroatoms. The Labute approximate surface area is 155 Å². The van der Waals surface area contributed by atoms with Gasteiger partial charge in [0.2, 0.25) is 5.91 Å². The number of alkyl halides is 3. The summed E-state index contributed by atoms with van der Waals surface area (Å²) >= 11 is 0. The highest BCUT2D eigenvalue weighted by Crippen LogP contribution is 2.41. The Balaban J connectivity index is 1.59. The van der Waals surface area contributed by atoms with E-state index in [1.165, 1.54) is 6.08 Å². The van der Waals surface area contributed by atoms with Crippen molar-refractivity contribution in [2.24, 2.45) is 5.92 Å². The van der Waals surface area contributed by atoms with Crippen LogP contribution < -0.4 is 5.32 Å². The molecule has 1 unspecified atom stereocenters. The van der Waals surface area contributed by atoms with Crippen LogP contribution >= 0.6 is 0 Å². The Morgan fingerprint density at radius 2 is 2.15 bits per heavy atom. The number of hydrogen-bond donors (Lipinski definition) is 2. The Kier molecular flexibility index (Phi) is 4.40. The quantitative estimate of drug-likeness (QED) is 0.794. The van der Waals surface area contributed by atoms with Gasteiger partial charge in [-0.2, -0.15) is 13.2 Å².